The number of nitrogens with zero attached hydrogens (tertiary/aromatic N) is 1. The molecule has 5 nitrogen and oxygen atoms in total. The summed E-state index contributed by atoms with van der Waals surface area (Å²) in [6.45, 7) is 2.73. The van der Waals surface area contributed by atoms with Crippen LogP contribution in [0.3, 0.4) is 0 Å². The molecule has 0 fully saturated rings. The van der Waals surface area contributed by atoms with E-state index in [1.54, 1.807) is 7.11 Å². The Labute approximate surface area is 142 Å². The zero-order chi connectivity index (χ0) is 14.2. The summed E-state index contributed by atoms with van der Waals surface area (Å²) in [5, 5.41) is 6.48. The van der Waals surface area contributed by atoms with Gasteiger partial charge in [0.2, 0.25) is 0 Å². The van der Waals surface area contributed by atoms with Crippen molar-refractivity contribution in [3.63, 3.8) is 0 Å². The fraction of sp³-hybridized carbons (Fsp3) is 0.400. The molecule has 21 heavy (non-hydrogen) atoms. The van der Waals surface area contributed by atoms with Gasteiger partial charge in [-0.15, -0.1) is 30.4 Å². The van der Waals surface area contributed by atoms with Crippen molar-refractivity contribution in [2.45, 2.75) is 13.0 Å². The molecule has 0 aromatic heterocycles. The summed E-state index contributed by atoms with van der Waals surface area (Å²) in [6, 6.07) is 5.78. The first-order chi connectivity index (χ1) is 9.83. The first-order valence-corrected chi connectivity index (χ1v) is 6.59. The molecule has 0 unspecified atom stereocenters. The molecule has 0 radical (unpaired) electrons. The Morgan fingerprint density at radius 2 is 2.29 bits per heavy atom. The summed E-state index contributed by atoms with van der Waals surface area (Å²) in [5.41, 5.74) is 1.08. The fourth-order valence-electron chi connectivity index (χ4n) is 1.90. The smallest absolute Gasteiger partial charge is 0.191 e. The Hall–Kier alpha value is -1.62. The van der Waals surface area contributed by atoms with E-state index >= 15 is 0 Å². The Morgan fingerprint density at radius 3 is 2.95 bits per heavy atom. The zero-order valence-corrected chi connectivity index (χ0v) is 14.3. The van der Waals surface area contributed by atoms with Crippen molar-refractivity contribution in [2.24, 2.45) is 4.99 Å². The summed E-state index contributed by atoms with van der Waals surface area (Å²) in [4.78, 5) is 4.36. The number of ether oxygens (including phenoxy) is 2. The number of guanidine groups is 1. The predicted molar refractivity (Wildman–Crippen MR) is 94.5 cm³/mol. The van der Waals surface area contributed by atoms with Crippen LogP contribution in [0.15, 0.2) is 23.2 Å². The van der Waals surface area contributed by atoms with Crippen molar-refractivity contribution in [2.75, 3.05) is 26.8 Å². The van der Waals surface area contributed by atoms with E-state index in [0.717, 1.165) is 31.0 Å². The maximum atomic E-state index is 5.47. The highest BCUT2D eigenvalue weighted by Gasteiger charge is 2.07. The number of halogens is 1. The van der Waals surface area contributed by atoms with Crippen molar-refractivity contribution in [3.05, 3.63) is 23.8 Å². The van der Waals surface area contributed by atoms with E-state index in [1.165, 1.54) is 0 Å². The largest absolute Gasteiger partial charge is 0.493 e. The van der Waals surface area contributed by atoms with E-state index < -0.39 is 0 Å². The maximum absolute atomic E-state index is 5.47. The van der Waals surface area contributed by atoms with Crippen LogP contribution in [0.5, 0.6) is 11.5 Å². The van der Waals surface area contributed by atoms with Gasteiger partial charge in [0.15, 0.2) is 17.5 Å². The van der Waals surface area contributed by atoms with E-state index in [4.69, 9.17) is 15.9 Å². The quantitative estimate of drug-likeness (QED) is 0.584. The number of hydrogen-bond donors (Lipinski definition) is 2. The van der Waals surface area contributed by atoms with Crippen LogP contribution in [0, 0.1) is 12.3 Å². The van der Waals surface area contributed by atoms with E-state index in [1.807, 2.05) is 18.2 Å². The van der Waals surface area contributed by atoms with Gasteiger partial charge in [0.25, 0.3) is 0 Å². The van der Waals surface area contributed by atoms with Gasteiger partial charge < -0.3 is 20.1 Å². The average molecular weight is 401 g/mol. The van der Waals surface area contributed by atoms with E-state index in [0.29, 0.717) is 18.0 Å². The number of methoxy groups -OCH3 is 1. The number of hydrogen-bond acceptors (Lipinski definition) is 5. The van der Waals surface area contributed by atoms with Gasteiger partial charge in [0, 0.05) is 19.6 Å². The Morgan fingerprint density at radius 1 is 1.43 bits per heavy atom. The lowest BCUT2D eigenvalue weighted by Gasteiger charge is -2.16. The molecule has 114 valence electrons. The van der Waals surface area contributed by atoms with Crippen molar-refractivity contribution < 1.29 is 9.47 Å². The summed E-state index contributed by atoms with van der Waals surface area (Å²) in [7, 11) is 1.61. The van der Waals surface area contributed by atoms with Gasteiger partial charge in [0.05, 0.1) is 7.11 Å². The van der Waals surface area contributed by atoms with Crippen LogP contribution in [0.2, 0.25) is 0 Å². The third-order valence-corrected chi connectivity index (χ3v) is 2.90. The monoisotopic (exact) mass is 401 g/mol. The van der Waals surface area contributed by atoms with Crippen LogP contribution in [-0.4, -0.2) is 32.8 Å². The molecule has 0 spiro atoms. The lowest BCUT2D eigenvalue weighted by molar-refractivity contribution is 0.330. The van der Waals surface area contributed by atoms with Crippen LogP contribution in [-0.2, 0) is 6.54 Å². The lowest BCUT2D eigenvalue weighted by Crippen LogP contribution is -2.40. The zero-order valence-electron chi connectivity index (χ0n) is 12.0. The normalized spacial score (nSPS) is 13.0. The average Bonchev–Trinajstić information content (AvgIpc) is 2.52. The van der Waals surface area contributed by atoms with Crippen molar-refractivity contribution in [1.82, 2.24) is 10.6 Å². The highest BCUT2D eigenvalue weighted by atomic mass is 127. The molecule has 1 aliphatic rings. The van der Waals surface area contributed by atoms with E-state index in [9.17, 15) is 0 Å². The fourth-order valence-corrected chi connectivity index (χ4v) is 1.90. The third kappa shape index (κ3) is 5.34. The molecule has 0 saturated heterocycles. The molecular weight excluding hydrogens is 381 g/mol. The molecule has 1 aromatic carbocycles. The molecule has 1 aromatic rings. The maximum Gasteiger partial charge on any atom is 0.191 e. The van der Waals surface area contributed by atoms with Crippen molar-refractivity contribution in [1.29, 1.82) is 0 Å². The first-order valence-electron chi connectivity index (χ1n) is 6.59. The van der Waals surface area contributed by atoms with Gasteiger partial charge in [-0.2, -0.15) is 0 Å². The minimum atomic E-state index is 0. The number of rotatable bonds is 5. The van der Waals surface area contributed by atoms with Crippen LogP contribution in [0.1, 0.15) is 12.0 Å². The summed E-state index contributed by atoms with van der Waals surface area (Å²) in [6.07, 6.45) is 6.29. The minimum Gasteiger partial charge on any atom is -0.493 e. The molecule has 2 N–H and O–H groups in total. The molecule has 1 aliphatic heterocycles. The summed E-state index contributed by atoms with van der Waals surface area (Å²) < 4.78 is 10.7. The molecule has 0 atom stereocenters. The minimum absolute atomic E-state index is 0. The number of terminal acetylenes is 1. The van der Waals surface area contributed by atoms with Crippen LogP contribution >= 0.6 is 24.0 Å². The second kappa shape index (κ2) is 9.34. The van der Waals surface area contributed by atoms with E-state index in [-0.39, 0.29) is 30.6 Å². The molecule has 0 aliphatic carbocycles. The SMILES string of the molecule is C#CCOc1cc(CNC2=NCCCN2)ccc1OC.I. The lowest BCUT2D eigenvalue weighted by atomic mass is 10.2. The summed E-state index contributed by atoms with van der Waals surface area (Å²) >= 11 is 0. The van der Waals surface area contributed by atoms with Gasteiger partial charge in [-0.05, 0) is 24.1 Å². The standard InChI is InChI=1S/C15H19N3O2.HI/c1-3-9-20-14-10-12(5-6-13(14)19-2)11-18-15-16-7-4-8-17-15;/h1,5-6,10H,4,7-9,11H2,2H3,(H2,16,17,18);1H. The predicted octanol–water partition coefficient (Wildman–Crippen LogP) is 1.76. The van der Waals surface area contributed by atoms with Gasteiger partial charge in [0.1, 0.15) is 6.61 Å². The van der Waals surface area contributed by atoms with Crippen LogP contribution in [0.4, 0.5) is 0 Å². The Kier molecular flexibility index (Phi) is 7.75. The third-order valence-electron chi connectivity index (χ3n) is 2.90. The van der Waals surface area contributed by atoms with Crippen LogP contribution in [0.25, 0.3) is 0 Å². The molecule has 2 rings (SSSR count). The second-order valence-corrected chi connectivity index (χ2v) is 4.34. The first kappa shape index (κ1) is 17.4. The molecule has 6 heteroatoms. The highest BCUT2D eigenvalue weighted by Crippen LogP contribution is 2.27. The second-order valence-electron chi connectivity index (χ2n) is 4.34. The van der Waals surface area contributed by atoms with Gasteiger partial charge in [-0.25, -0.2) is 0 Å². The van der Waals surface area contributed by atoms with Gasteiger partial charge in [-0.1, -0.05) is 12.0 Å². The number of benzene rings is 1. The highest BCUT2D eigenvalue weighted by molar-refractivity contribution is 14.0. The summed E-state index contributed by atoms with van der Waals surface area (Å²) in [5.74, 6) is 4.63. The van der Waals surface area contributed by atoms with Gasteiger partial charge >= 0.3 is 0 Å². The van der Waals surface area contributed by atoms with Crippen LogP contribution < -0.4 is 20.1 Å². The van der Waals surface area contributed by atoms with Crippen molar-refractivity contribution >= 4 is 29.9 Å². The van der Waals surface area contributed by atoms with Gasteiger partial charge in [-0.3, -0.25) is 4.99 Å². The molecule has 0 saturated carbocycles. The molecule has 0 amide bonds. The number of aliphatic imine (C=N–C) groups is 1. The van der Waals surface area contributed by atoms with Crippen molar-refractivity contribution in [3.8, 4) is 23.8 Å². The Bertz CT molecular complexity index is 526. The molecule has 1 heterocycles. The topological polar surface area (TPSA) is 54.9 Å². The number of nitrogens with one attached hydrogen (secondary N) is 2. The molecular formula is C15H20IN3O2. The van der Waals surface area contributed by atoms with E-state index in [2.05, 4.69) is 21.5 Å². The Balaban J connectivity index is 0.00000220. The molecule has 0 bridgehead atoms.